The van der Waals surface area contributed by atoms with Gasteiger partial charge >= 0.3 is 12.1 Å². The molecule has 7 nitrogen and oxygen atoms in total. The third-order valence-corrected chi connectivity index (χ3v) is 5.20. The molecule has 2 atom stereocenters. The van der Waals surface area contributed by atoms with Gasteiger partial charge in [0.25, 0.3) is 0 Å². The van der Waals surface area contributed by atoms with E-state index >= 15 is 0 Å². The lowest BCUT2D eigenvalue weighted by Gasteiger charge is -2.31. The van der Waals surface area contributed by atoms with E-state index in [1.165, 1.54) is 19.4 Å². The normalized spacial score (nSPS) is 28.6. The topological polar surface area (TPSA) is 76.8 Å². The minimum atomic E-state index is -5.08. The first-order valence-electron chi connectivity index (χ1n) is 9.46. The predicted octanol–water partition coefficient (Wildman–Crippen LogP) is 2.03. The minimum Gasteiger partial charge on any atom is -0.475 e. The van der Waals surface area contributed by atoms with Crippen LogP contribution in [0.3, 0.4) is 0 Å². The molecule has 3 aliphatic rings. The Morgan fingerprint density at radius 2 is 2.04 bits per heavy atom. The molecule has 28 heavy (non-hydrogen) atoms. The Hall–Kier alpha value is -1.65. The molecule has 2 unspecified atom stereocenters. The third-order valence-electron chi connectivity index (χ3n) is 5.20. The van der Waals surface area contributed by atoms with Crippen LogP contribution in [0.1, 0.15) is 19.3 Å². The molecule has 1 spiro atoms. The molecule has 4 rings (SSSR count). The second-order valence-corrected chi connectivity index (χ2v) is 7.86. The summed E-state index contributed by atoms with van der Waals surface area (Å²) in [4.78, 5) is 15.6. The lowest BCUT2D eigenvalue weighted by Crippen LogP contribution is -2.44. The number of carbonyl (C=O) groups is 1. The largest absolute Gasteiger partial charge is 0.490 e. The summed E-state index contributed by atoms with van der Waals surface area (Å²) >= 11 is 0. The number of ether oxygens (including phenoxy) is 2. The summed E-state index contributed by atoms with van der Waals surface area (Å²) in [5.74, 6) is -1.25. The molecular weight excluding hydrogens is 379 g/mol. The smallest absolute Gasteiger partial charge is 0.475 e. The number of halogens is 3. The molecule has 1 aromatic rings. The van der Waals surface area contributed by atoms with Gasteiger partial charge in [-0.2, -0.15) is 13.2 Å². The van der Waals surface area contributed by atoms with Crippen molar-refractivity contribution in [1.82, 2.24) is 14.5 Å². The number of aliphatic carboxylic acids is 1. The lowest BCUT2D eigenvalue weighted by atomic mass is 9.94. The Balaban J connectivity index is 0.000000279. The molecule has 1 aliphatic carbocycles. The maximum atomic E-state index is 10.6. The molecule has 158 valence electrons. The van der Waals surface area contributed by atoms with Crippen LogP contribution in [0.2, 0.25) is 0 Å². The first-order chi connectivity index (χ1) is 13.3. The molecule has 10 heteroatoms. The van der Waals surface area contributed by atoms with Crippen molar-refractivity contribution < 1.29 is 32.5 Å². The van der Waals surface area contributed by atoms with Crippen molar-refractivity contribution >= 4 is 5.97 Å². The Morgan fingerprint density at radius 1 is 1.29 bits per heavy atom. The van der Waals surface area contributed by atoms with Crippen molar-refractivity contribution in [1.29, 1.82) is 0 Å². The van der Waals surface area contributed by atoms with E-state index in [0.29, 0.717) is 5.92 Å². The second-order valence-electron chi connectivity index (χ2n) is 7.86. The highest BCUT2D eigenvalue weighted by atomic mass is 19.4. The van der Waals surface area contributed by atoms with E-state index in [2.05, 4.69) is 14.5 Å². The highest BCUT2D eigenvalue weighted by Crippen LogP contribution is 2.35. The fraction of sp³-hybridized carbons (Fsp3) is 0.778. The van der Waals surface area contributed by atoms with Gasteiger partial charge in [0.2, 0.25) is 0 Å². The molecule has 3 heterocycles. The molecule has 0 aromatic carbocycles. The number of rotatable bonds is 4. The molecule has 1 saturated carbocycles. The minimum absolute atomic E-state index is 0.0728. The van der Waals surface area contributed by atoms with E-state index < -0.39 is 12.1 Å². The molecule has 3 fully saturated rings. The Morgan fingerprint density at radius 3 is 2.64 bits per heavy atom. The number of aromatic nitrogens is 2. The third kappa shape index (κ3) is 6.18. The summed E-state index contributed by atoms with van der Waals surface area (Å²) in [6.07, 6.45) is 4.62. The zero-order valence-corrected chi connectivity index (χ0v) is 15.6. The van der Waals surface area contributed by atoms with Crippen LogP contribution in [0.4, 0.5) is 13.2 Å². The van der Waals surface area contributed by atoms with Crippen molar-refractivity contribution in [3.63, 3.8) is 0 Å². The number of hydrogen-bond acceptors (Lipinski definition) is 5. The number of imidazole rings is 1. The number of alkyl halides is 3. The number of nitrogens with zero attached hydrogens (tertiary/aromatic N) is 3. The van der Waals surface area contributed by atoms with E-state index in [9.17, 15) is 13.2 Å². The van der Waals surface area contributed by atoms with Gasteiger partial charge in [0.05, 0.1) is 26.1 Å². The summed E-state index contributed by atoms with van der Waals surface area (Å²) in [6.45, 7) is 6.81. The van der Waals surface area contributed by atoms with Crippen molar-refractivity contribution in [3.05, 3.63) is 18.7 Å². The average molecular weight is 405 g/mol. The first kappa shape index (κ1) is 21.1. The van der Waals surface area contributed by atoms with Gasteiger partial charge in [-0.1, -0.05) is 0 Å². The zero-order valence-electron chi connectivity index (χ0n) is 15.6. The van der Waals surface area contributed by atoms with Crippen molar-refractivity contribution in [2.75, 3.05) is 39.5 Å². The number of carboxylic acids is 1. The summed E-state index contributed by atoms with van der Waals surface area (Å²) in [5, 5.41) is 7.12. The van der Waals surface area contributed by atoms with Crippen molar-refractivity contribution in [2.24, 2.45) is 11.8 Å². The lowest BCUT2D eigenvalue weighted by molar-refractivity contribution is -0.192. The molecule has 2 aliphatic heterocycles. The van der Waals surface area contributed by atoms with Gasteiger partial charge < -0.3 is 19.1 Å². The molecule has 0 radical (unpaired) electrons. The van der Waals surface area contributed by atoms with E-state index in [1.54, 1.807) is 0 Å². The summed E-state index contributed by atoms with van der Waals surface area (Å²) in [6, 6.07) is 0. The fourth-order valence-electron chi connectivity index (χ4n) is 3.76. The van der Waals surface area contributed by atoms with Crippen molar-refractivity contribution in [3.8, 4) is 0 Å². The van der Waals surface area contributed by atoms with Gasteiger partial charge in [-0.25, -0.2) is 9.78 Å². The molecule has 2 saturated heterocycles. The van der Waals surface area contributed by atoms with Crippen LogP contribution in [0.15, 0.2) is 18.7 Å². The predicted molar refractivity (Wildman–Crippen MR) is 92.7 cm³/mol. The van der Waals surface area contributed by atoms with E-state index in [4.69, 9.17) is 19.4 Å². The summed E-state index contributed by atoms with van der Waals surface area (Å²) < 4.78 is 46.0. The molecular formula is C18H26F3N3O4. The van der Waals surface area contributed by atoms with Gasteiger partial charge in [0.1, 0.15) is 5.60 Å². The van der Waals surface area contributed by atoms with Crippen molar-refractivity contribution in [2.45, 2.75) is 37.6 Å². The van der Waals surface area contributed by atoms with Crippen LogP contribution >= 0.6 is 0 Å². The van der Waals surface area contributed by atoms with Crippen LogP contribution in [0.25, 0.3) is 0 Å². The first-order valence-corrected chi connectivity index (χ1v) is 9.46. The van der Waals surface area contributed by atoms with E-state index in [0.717, 1.165) is 51.8 Å². The highest BCUT2D eigenvalue weighted by Gasteiger charge is 2.44. The van der Waals surface area contributed by atoms with Crippen LogP contribution in [0.5, 0.6) is 0 Å². The Labute approximate surface area is 161 Å². The zero-order chi connectivity index (χ0) is 20.2. The molecule has 1 aromatic heterocycles. The molecule has 0 amide bonds. The van der Waals surface area contributed by atoms with Gasteiger partial charge in [0.15, 0.2) is 0 Å². The standard InChI is InChI=1S/C16H25N3O2.C2HF3O2/c1-2-14(1)8-18-5-6-20-12-16(11-18)7-15(10-21-16)9-19-4-3-17-13-19;3-2(4,5)1(6)7/h3-4,13-15H,1-2,5-12H2;(H,6,7). The van der Waals surface area contributed by atoms with Crippen LogP contribution in [-0.4, -0.2) is 76.8 Å². The van der Waals surface area contributed by atoms with E-state index in [1.807, 2.05) is 18.7 Å². The van der Waals surface area contributed by atoms with Crippen LogP contribution in [-0.2, 0) is 20.8 Å². The average Bonchev–Trinajstić information content (AvgIpc) is 3.19. The maximum Gasteiger partial charge on any atom is 0.490 e. The fourth-order valence-corrected chi connectivity index (χ4v) is 3.76. The van der Waals surface area contributed by atoms with Gasteiger partial charge in [-0.05, 0) is 25.2 Å². The second kappa shape index (κ2) is 8.79. The maximum absolute atomic E-state index is 10.6. The Kier molecular flexibility index (Phi) is 6.61. The Bertz CT molecular complexity index is 637. The monoisotopic (exact) mass is 405 g/mol. The highest BCUT2D eigenvalue weighted by molar-refractivity contribution is 5.73. The number of carboxylic acid groups (broad SMARTS) is 1. The van der Waals surface area contributed by atoms with Crippen LogP contribution in [0, 0.1) is 11.8 Å². The van der Waals surface area contributed by atoms with Gasteiger partial charge in [0, 0.05) is 44.5 Å². The van der Waals surface area contributed by atoms with Crippen LogP contribution < -0.4 is 0 Å². The van der Waals surface area contributed by atoms with E-state index in [-0.39, 0.29) is 5.60 Å². The SMILES string of the molecule is O=C(O)C(F)(F)F.c1cn(CC2COC3(COCCN(CC4CC4)C3)C2)cn1. The molecule has 0 bridgehead atoms. The van der Waals surface area contributed by atoms with Gasteiger partial charge in [-0.3, -0.25) is 4.90 Å². The molecule has 1 N–H and O–H groups in total. The summed E-state index contributed by atoms with van der Waals surface area (Å²) in [5.41, 5.74) is -0.0728. The number of hydrogen-bond donors (Lipinski definition) is 1. The quantitative estimate of drug-likeness (QED) is 0.826. The summed E-state index contributed by atoms with van der Waals surface area (Å²) in [7, 11) is 0. The van der Waals surface area contributed by atoms with Gasteiger partial charge in [-0.15, -0.1) is 0 Å².